The van der Waals surface area contributed by atoms with Gasteiger partial charge in [-0.25, -0.2) is 0 Å². The van der Waals surface area contributed by atoms with Crippen molar-refractivity contribution in [1.29, 1.82) is 0 Å². The Morgan fingerprint density at radius 2 is 1.50 bits per heavy atom. The third-order valence-corrected chi connectivity index (χ3v) is 5.07. The van der Waals surface area contributed by atoms with Crippen LogP contribution in [0.2, 0.25) is 0 Å². The Morgan fingerprint density at radius 1 is 0.933 bits per heavy atom. The predicted octanol–water partition coefficient (Wildman–Crippen LogP) is 6.56. The van der Waals surface area contributed by atoms with Crippen LogP contribution < -0.4 is 4.90 Å². The summed E-state index contributed by atoms with van der Waals surface area (Å²) in [4.78, 5) is 12.6. The average molecular weight is 413 g/mol. The number of unbranched alkanes of at least 4 members (excludes halogenated alkanes) is 3. The molecular weight excluding hydrogens is 380 g/mol. The van der Waals surface area contributed by atoms with Crippen molar-refractivity contribution in [3.63, 3.8) is 0 Å². The number of hydrogen-bond acceptors (Lipinski definition) is 6. The van der Waals surface area contributed by atoms with Gasteiger partial charge in [0.05, 0.1) is 28.9 Å². The van der Waals surface area contributed by atoms with E-state index in [-0.39, 0.29) is 18.3 Å². The summed E-state index contributed by atoms with van der Waals surface area (Å²) in [6, 6.07) is 13.9. The highest BCUT2D eigenvalue weighted by Crippen LogP contribution is 2.26. The quantitative estimate of drug-likeness (QED) is 0.175. The number of aliphatic hydroxyl groups is 1. The molecule has 2 aromatic carbocycles. The Bertz CT molecular complexity index is 791. The summed E-state index contributed by atoms with van der Waals surface area (Å²) < 4.78 is 0. The molecule has 0 fully saturated rings. The van der Waals surface area contributed by atoms with E-state index < -0.39 is 4.92 Å². The Morgan fingerprint density at radius 3 is 2.00 bits per heavy atom. The molecule has 162 valence electrons. The largest absolute Gasteiger partial charge is 0.394 e. The van der Waals surface area contributed by atoms with Gasteiger partial charge in [-0.3, -0.25) is 10.1 Å². The van der Waals surface area contributed by atoms with Gasteiger partial charge in [0.2, 0.25) is 0 Å². The lowest BCUT2D eigenvalue weighted by molar-refractivity contribution is -0.384. The van der Waals surface area contributed by atoms with E-state index >= 15 is 0 Å². The minimum atomic E-state index is -0.438. The number of nitrogens with zero attached hydrogens (tertiary/aromatic N) is 4. The van der Waals surface area contributed by atoms with Gasteiger partial charge < -0.3 is 10.0 Å². The van der Waals surface area contributed by atoms with Crippen molar-refractivity contribution in [2.24, 2.45) is 10.2 Å². The van der Waals surface area contributed by atoms with Gasteiger partial charge in [-0.2, -0.15) is 10.2 Å². The van der Waals surface area contributed by atoms with Crippen LogP contribution in [0.5, 0.6) is 0 Å². The number of anilines is 1. The maximum atomic E-state index is 10.7. The maximum absolute atomic E-state index is 10.7. The molecule has 0 heterocycles. The fraction of sp³-hybridized carbons (Fsp3) is 0.478. The van der Waals surface area contributed by atoms with Crippen molar-refractivity contribution in [3.05, 3.63) is 58.6 Å². The van der Waals surface area contributed by atoms with Gasteiger partial charge in [-0.15, -0.1) is 0 Å². The van der Waals surface area contributed by atoms with Crippen LogP contribution in [0.3, 0.4) is 0 Å². The summed E-state index contributed by atoms with van der Waals surface area (Å²) in [5, 5.41) is 29.0. The van der Waals surface area contributed by atoms with Crippen molar-refractivity contribution in [1.82, 2.24) is 0 Å². The van der Waals surface area contributed by atoms with E-state index in [4.69, 9.17) is 0 Å². The summed E-state index contributed by atoms with van der Waals surface area (Å²) in [7, 11) is 0. The highest BCUT2D eigenvalue weighted by molar-refractivity contribution is 5.54. The van der Waals surface area contributed by atoms with E-state index in [0.717, 1.165) is 44.3 Å². The smallest absolute Gasteiger partial charge is 0.269 e. The van der Waals surface area contributed by atoms with Gasteiger partial charge >= 0.3 is 0 Å². The van der Waals surface area contributed by atoms with E-state index in [9.17, 15) is 15.2 Å². The Hall–Kier alpha value is -2.80. The number of hydrogen-bond donors (Lipinski definition) is 1. The second-order valence-corrected chi connectivity index (χ2v) is 7.37. The van der Waals surface area contributed by atoms with Crippen LogP contribution in [0.25, 0.3) is 0 Å². The average Bonchev–Trinajstić information content (AvgIpc) is 2.77. The zero-order valence-electron chi connectivity index (χ0n) is 17.9. The van der Waals surface area contributed by atoms with Gasteiger partial charge in [0.25, 0.3) is 5.69 Å². The number of aliphatic hydroxyl groups excluding tert-OH is 1. The molecule has 0 aromatic heterocycles. The number of benzene rings is 2. The summed E-state index contributed by atoms with van der Waals surface area (Å²) >= 11 is 0. The zero-order chi connectivity index (χ0) is 21.8. The van der Waals surface area contributed by atoms with Crippen molar-refractivity contribution >= 4 is 22.7 Å². The van der Waals surface area contributed by atoms with Crippen molar-refractivity contribution in [3.8, 4) is 0 Å². The maximum Gasteiger partial charge on any atom is 0.269 e. The highest BCUT2D eigenvalue weighted by atomic mass is 16.6. The fourth-order valence-electron chi connectivity index (χ4n) is 3.31. The first-order valence-corrected chi connectivity index (χ1v) is 10.7. The van der Waals surface area contributed by atoms with Gasteiger partial charge in [0, 0.05) is 24.4 Å². The molecule has 0 aliphatic heterocycles. The fourth-order valence-corrected chi connectivity index (χ4v) is 3.31. The molecular formula is C23H32N4O3. The molecule has 30 heavy (non-hydrogen) atoms. The third-order valence-electron chi connectivity index (χ3n) is 5.07. The number of nitro benzene ring substituents is 1. The second kappa shape index (κ2) is 12.7. The first-order chi connectivity index (χ1) is 14.6. The van der Waals surface area contributed by atoms with Gasteiger partial charge in [-0.1, -0.05) is 39.5 Å². The highest BCUT2D eigenvalue weighted by Gasteiger charge is 2.17. The molecule has 0 spiro atoms. The molecule has 0 bridgehead atoms. The van der Waals surface area contributed by atoms with Crippen molar-refractivity contribution < 1.29 is 10.0 Å². The zero-order valence-corrected chi connectivity index (χ0v) is 17.9. The van der Waals surface area contributed by atoms with Crippen LogP contribution >= 0.6 is 0 Å². The van der Waals surface area contributed by atoms with Crippen LogP contribution in [0.1, 0.15) is 52.4 Å². The normalized spacial score (nSPS) is 12.2. The molecule has 1 atom stereocenters. The minimum Gasteiger partial charge on any atom is -0.394 e. The minimum absolute atomic E-state index is 0.0305. The Balaban J connectivity index is 2.11. The van der Waals surface area contributed by atoms with Crippen LogP contribution in [-0.2, 0) is 0 Å². The third kappa shape index (κ3) is 7.22. The summed E-state index contributed by atoms with van der Waals surface area (Å²) in [6.45, 7) is 5.43. The Labute approximate surface area is 178 Å². The molecule has 0 radical (unpaired) electrons. The van der Waals surface area contributed by atoms with E-state index in [1.165, 1.54) is 18.6 Å². The molecule has 0 aliphatic carbocycles. The first-order valence-electron chi connectivity index (χ1n) is 10.7. The van der Waals surface area contributed by atoms with E-state index in [0.29, 0.717) is 11.4 Å². The lowest BCUT2D eigenvalue weighted by atomic mass is 10.1. The van der Waals surface area contributed by atoms with Crippen molar-refractivity contribution in [2.45, 2.75) is 58.4 Å². The molecule has 1 unspecified atom stereocenters. The molecule has 7 nitrogen and oxygen atoms in total. The Kier molecular flexibility index (Phi) is 9.94. The summed E-state index contributed by atoms with van der Waals surface area (Å²) in [5.41, 5.74) is 2.38. The van der Waals surface area contributed by atoms with Gasteiger partial charge in [-0.05, 0) is 49.2 Å². The predicted molar refractivity (Wildman–Crippen MR) is 121 cm³/mol. The summed E-state index contributed by atoms with van der Waals surface area (Å²) in [5.74, 6) is 0. The first kappa shape index (κ1) is 23.5. The monoisotopic (exact) mass is 412 g/mol. The van der Waals surface area contributed by atoms with Crippen molar-refractivity contribution in [2.75, 3.05) is 18.1 Å². The molecule has 2 aromatic rings. The van der Waals surface area contributed by atoms with E-state index in [1.807, 2.05) is 24.3 Å². The number of non-ortho nitro benzene ring substituents is 1. The number of azo groups is 1. The van der Waals surface area contributed by atoms with Gasteiger partial charge in [0.15, 0.2) is 0 Å². The second-order valence-electron chi connectivity index (χ2n) is 7.37. The molecule has 0 aliphatic rings. The van der Waals surface area contributed by atoms with E-state index in [2.05, 4.69) is 29.0 Å². The molecule has 0 saturated carbocycles. The molecule has 2 rings (SSSR count). The van der Waals surface area contributed by atoms with Crippen LogP contribution in [0.4, 0.5) is 22.7 Å². The number of rotatable bonds is 13. The van der Waals surface area contributed by atoms with Gasteiger partial charge in [0.1, 0.15) is 0 Å². The number of nitro groups is 1. The molecule has 1 N–H and O–H groups in total. The van der Waals surface area contributed by atoms with Crippen LogP contribution in [-0.4, -0.2) is 29.2 Å². The molecule has 0 saturated heterocycles. The molecule has 0 amide bonds. The summed E-state index contributed by atoms with van der Waals surface area (Å²) in [6.07, 6.45) is 6.61. The SMILES string of the molecule is CCCCCN(c1ccc(N=Nc2ccc([N+](=O)[O-])cc2)cc1)C(CO)CCCC. The topological polar surface area (TPSA) is 91.3 Å². The lowest BCUT2D eigenvalue weighted by Crippen LogP contribution is -2.38. The standard InChI is InChI=1S/C23H32N4O3/c1-3-5-7-17-26(23(18-28)8-6-4-2)21-13-9-19(10-14-21)24-25-20-11-15-22(16-12-20)27(29)30/h9-16,23,28H,3-8,17-18H2,1-2H3. The molecule has 7 heteroatoms. The lowest BCUT2D eigenvalue weighted by Gasteiger charge is -2.33. The van der Waals surface area contributed by atoms with E-state index in [1.54, 1.807) is 12.1 Å². The van der Waals surface area contributed by atoms with Crippen LogP contribution in [0, 0.1) is 10.1 Å². The van der Waals surface area contributed by atoms with Crippen LogP contribution in [0.15, 0.2) is 58.8 Å².